The molecule has 5 heteroatoms. The molecular weight excluding hydrogens is 384 g/mol. The lowest BCUT2D eigenvalue weighted by molar-refractivity contribution is 0.0940. The number of hydrogen-bond donors (Lipinski definition) is 1. The van der Waals surface area contributed by atoms with Crippen LogP contribution in [0, 0.1) is 13.8 Å². The van der Waals surface area contributed by atoms with Crippen molar-refractivity contribution in [2.75, 3.05) is 0 Å². The Bertz CT molecular complexity index is 1180. The van der Waals surface area contributed by atoms with Crippen molar-refractivity contribution in [2.45, 2.75) is 46.1 Å². The average molecular weight is 413 g/mol. The first-order chi connectivity index (χ1) is 15.0. The van der Waals surface area contributed by atoms with Crippen LogP contribution < -0.4 is 5.32 Å². The smallest absolute Gasteiger partial charge is 0.256 e. The molecule has 0 bridgehead atoms. The normalized spacial score (nSPS) is 12.1. The van der Waals surface area contributed by atoms with Crippen molar-refractivity contribution in [3.8, 4) is 0 Å². The second kappa shape index (κ2) is 9.13. The van der Waals surface area contributed by atoms with Gasteiger partial charge in [0, 0.05) is 23.9 Å². The number of carbonyl (C=O) groups excluding carboxylic acids is 1. The molecule has 4 aromatic rings. The summed E-state index contributed by atoms with van der Waals surface area (Å²) in [6, 6.07) is 20.7. The fourth-order valence-corrected chi connectivity index (χ4v) is 3.93. The van der Waals surface area contributed by atoms with Crippen molar-refractivity contribution in [2.24, 2.45) is 0 Å². The fraction of sp³-hybridized carbons (Fsp3) is 0.269. The molecule has 0 aliphatic rings. The van der Waals surface area contributed by atoms with Gasteiger partial charge in [-0.25, -0.2) is 9.50 Å². The zero-order valence-electron chi connectivity index (χ0n) is 18.3. The quantitative estimate of drug-likeness (QED) is 0.479. The van der Waals surface area contributed by atoms with Gasteiger partial charge in [-0.3, -0.25) is 4.79 Å². The van der Waals surface area contributed by atoms with Gasteiger partial charge in [0.05, 0.1) is 6.20 Å². The summed E-state index contributed by atoms with van der Waals surface area (Å²) in [6.45, 7) is 6.08. The van der Waals surface area contributed by atoms with Crippen LogP contribution in [-0.2, 0) is 12.8 Å². The van der Waals surface area contributed by atoms with Gasteiger partial charge < -0.3 is 5.32 Å². The molecule has 1 N–H and O–H groups in total. The number of benzene rings is 2. The minimum atomic E-state index is -0.127. The van der Waals surface area contributed by atoms with Crippen LogP contribution in [0.4, 0.5) is 0 Å². The number of nitrogens with one attached hydrogen (secondary N) is 1. The predicted octanol–water partition coefficient (Wildman–Crippen LogP) is 4.69. The minimum Gasteiger partial charge on any atom is -0.349 e. The summed E-state index contributed by atoms with van der Waals surface area (Å²) >= 11 is 0. The summed E-state index contributed by atoms with van der Waals surface area (Å²) in [6.07, 6.45) is 4.22. The van der Waals surface area contributed by atoms with Gasteiger partial charge in [-0.2, -0.15) is 5.10 Å². The summed E-state index contributed by atoms with van der Waals surface area (Å²) in [5.74, 6) is -0.127. The monoisotopic (exact) mass is 412 g/mol. The summed E-state index contributed by atoms with van der Waals surface area (Å²) in [5, 5.41) is 7.58. The lowest BCUT2D eigenvalue weighted by atomic mass is 10.0. The molecule has 31 heavy (non-hydrogen) atoms. The van der Waals surface area contributed by atoms with E-state index in [0.29, 0.717) is 11.2 Å². The first-order valence-electron chi connectivity index (χ1n) is 10.8. The molecule has 2 aromatic carbocycles. The Kier molecular flexibility index (Phi) is 6.12. The van der Waals surface area contributed by atoms with Gasteiger partial charge >= 0.3 is 0 Å². The van der Waals surface area contributed by atoms with Crippen LogP contribution in [0.25, 0.3) is 5.65 Å². The van der Waals surface area contributed by atoms with Gasteiger partial charge in [0.2, 0.25) is 0 Å². The van der Waals surface area contributed by atoms with Crippen molar-refractivity contribution in [1.29, 1.82) is 0 Å². The Morgan fingerprint density at radius 2 is 1.65 bits per heavy atom. The van der Waals surface area contributed by atoms with Crippen LogP contribution in [-0.4, -0.2) is 26.5 Å². The number of fused-ring (bicyclic) bond motifs is 1. The first-order valence-corrected chi connectivity index (χ1v) is 10.8. The van der Waals surface area contributed by atoms with E-state index in [1.807, 2.05) is 57.2 Å². The van der Waals surface area contributed by atoms with Crippen LogP contribution in [0.15, 0.2) is 66.9 Å². The van der Waals surface area contributed by atoms with E-state index < -0.39 is 0 Å². The van der Waals surface area contributed by atoms with E-state index in [4.69, 9.17) is 4.98 Å². The maximum atomic E-state index is 12.9. The van der Waals surface area contributed by atoms with E-state index in [-0.39, 0.29) is 11.9 Å². The van der Waals surface area contributed by atoms with Crippen LogP contribution in [0.1, 0.15) is 51.8 Å². The molecule has 0 aliphatic heterocycles. The average Bonchev–Trinajstić information content (AvgIpc) is 3.20. The molecule has 2 heterocycles. The van der Waals surface area contributed by atoms with Crippen molar-refractivity contribution in [3.05, 3.63) is 101 Å². The van der Waals surface area contributed by atoms with Gasteiger partial charge in [0.1, 0.15) is 5.56 Å². The van der Waals surface area contributed by atoms with E-state index in [1.54, 1.807) is 10.7 Å². The standard InChI is InChI=1S/C26H28N4O/c1-18(14-15-21-10-6-4-7-11-21)28-26(31)24-17-27-30-20(3)23(19(2)29-25(24)30)16-22-12-8-5-9-13-22/h4-13,17-18H,14-16H2,1-3H3,(H,28,31). The van der Waals surface area contributed by atoms with Crippen molar-refractivity contribution in [1.82, 2.24) is 19.9 Å². The first kappa shape index (κ1) is 20.8. The van der Waals surface area contributed by atoms with Crippen molar-refractivity contribution >= 4 is 11.6 Å². The van der Waals surface area contributed by atoms with Crippen molar-refractivity contribution in [3.63, 3.8) is 0 Å². The molecule has 5 nitrogen and oxygen atoms in total. The fourth-order valence-electron chi connectivity index (χ4n) is 3.93. The molecule has 1 atom stereocenters. The number of amides is 1. The maximum absolute atomic E-state index is 12.9. The van der Waals surface area contributed by atoms with Crippen LogP contribution in [0.5, 0.6) is 0 Å². The highest BCUT2D eigenvalue weighted by Crippen LogP contribution is 2.20. The van der Waals surface area contributed by atoms with Crippen molar-refractivity contribution < 1.29 is 4.79 Å². The zero-order valence-corrected chi connectivity index (χ0v) is 18.3. The van der Waals surface area contributed by atoms with Gasteiger partial charge in [0.25, 0.3) is 5.91 Å². The largest absolute Gasteiger partial charge is 0.349 e. The maximum Gasteiger partial charge on any atom is 0.256 e. The molecule has 0 aliphatic carbocycles. The topological polar surface area (TPSA) is 59.3 Å². The second-order valence-corrected chi connectivity index (χ2v) is 8.12. The molecule has 4 rings (SSSR count). The highest BCUT2D eigenvalue weighted by Gasteiger charge is 2.19. The minimum absolute atomic E-state index is 0.0576. The number of aromatic nitrogens is 3. The van der Waals surface area contributed by atoms with Crippen LogP contribution in [0.2, 0.25) is 0 Å². The molecule has 0 saturated carbocycles. The van der Waals surface area contributed by atoms with E-state index >= 15 is 0 Å². The number of nitrogens with zero attached hydrogens (tertiary/aromatic N) is 3. The Morgan fingerprint density at radius 1 is 1.00 bits per heavy atom. The molecular formula is C26H28N4O. The molecule has 158 valence electrons. The van der Waals surface area contributed by atoms with Gasteiger partial charge in [-0.15, -0.1) is 0 Å². The van der Waals surface area contributed by atoms with E-state index in [1.165, 1.54) is 11.1 Å². The summed E-state index contributed by atoms with van der Waals surface area (Å²) < 4.78 is 1.79. The number of hydrogen-bond acceptors (Lipinski definition) is 3. The van der Waals surface area contributed by atoms with E-state index in [2.05, 4.69) is 34.7 Å². The number of carbonyl (C=O) groups is 1. The third-order valence-electron chi connectivity index (χ3n) is 5.76. The third-order valence-corrected chi connectivity index (χ3v) is 5.76. The highest BCUT2D eigenvalue weighted by molar-refractivity contribution is 5.99. The van der Waals surface area contributed by atoms with Gasteiger partial charge in [-0.05, 0) is 50.3 Å². The zero-order chi connectivity index (χ0) is 21.8. The highest BCUT2D eigenvalue weighted by atomic mass is 16.1. The van der Waals surface area contributed by atoms with E-state index in [9.17, 15) is 4.79 Å². The van der Waals surface area contributed by atoms with Crippen LogP contribution >= 0.6 is 0 Å². The number of aryl methyl sites for hydroxylation is 3. The molecule has 0 spiro atoms. The molecule has 2 aromatic heterocycles. The third kappa shape index (κ3) is 4.66. The molecule has 1 unspecified atom stereocenters. The Labute approximate surface area is 183 Å². The second-order valence-electron chi connectivity index (χ2n) is 8.12. The molecule has 1 amide bonds. The lowest BCUT2D eigenvalue weighted by Gasteiger charge is -2.14. The molecule has 0 saturated heterocycles. The van der Waals surface area contributed by atoms with E-state index in [0.717, 1.165) is 36.2 Å². The lowest BCUT2D eigenvalue weighted by Crippen LogP contribution is -2.33. The van der Waals surface area contributed by atoms with Gasteiger partial charge in [0.15, 0.2) is 5.65 Å². The Balaban J connectivity index is 1.51. The Hall–Kier alpha value is -3.47. The summed E-state index contributed by atoms with van der Waals surface area (Å²) in [7, 11) is 0. The SMILES string of the molecule is Cc1nc2c(C(=O)NC(C)CCc3ccccc3)cnn2c(C)c1Cc1ccccc1. The molecule has 0 fully saturated rings. The number of rotatable bonds is 7. The molecule has 0 radical (unpaired) electrons. The summed E-state index contributed by atoms with van der Waals surface area (Å²) in [4.78, 5) is 17.7. The Morgan fingerprint density at radius 3 is 2.32 bits per heavy atom. The summed E-state index contributed by atoms with van der Waals surface area (Å²) in [5.41, 5.74) is 6.72. The predicted molar refractivity (Wildman–Crippen MR) is 123 cm³/mol. The van der Waals surface area contributed by atoms with Gasteiger partial charge in [-0.1, -0.05) is 60.7 Å². The van der Waals surface area contributed by atoms with Crippen LogP contribution in [0.3, 0.4) is 0 Å².